The molecule has 2 aromatic heterocycles. The number of hydrogen-bond donors (Lipinski definition) is 1. The Balaban J connectivity index is 1.76. The van der Waals surface area contributed by atoms with Crippen molar-refractivity contribution in [3.63, 3.8) is 0 Å². The van der Waals surface area contributed by atoms with E-state index in [0.29, 0.717) is 5.95 Å². The molecule has 0 radical (unpaired) electrons. The predicted molar refractivity (Wildman–Crippen MR) is 79.2 cm³/mol. The number of aromatic nitrogens is 3. The third-order valence-corrected chi connectivity index (χ3v) is 3.34. The third-order valence-electron chi connectivity index (χ3n) is 2.87. The standard InChI is InChI=1S/C14H13BrN4/c1-10-2-4-11(5-3-10)8-16-14-17-13-7-6-12(15)9-19(13)18-14/h2-7,9H,8H2,1H3,(H,16,18). The van der Waals surface area contributed by atoms with Crippen molar-refractivity contribution in [2.75, 3.05) is 5.32 Å². The summed E-state index contributed by atoms with van der Waals surface area (Å²) in [4.78, 5) is 4.41. The molecule has 1 aromatic carbocycles. The molecule has 0 atom stereocenters. The fraction of sp³-hybridized carbons (Fsp3) is 0.143. The van der Waals surface area contributed by atoms with Crippen molar-refractivity contribution in [2.45, 2.75) is 13.5 Å². The smallest absolute Gasteiger partial charge is 0.243 e. The van der Waals surface area contributed by atoms with Gasteiger partial charge >= 0.3 is 0 Å². The molecule has 0 saturated heterocycles. The van der Waals surface area contributed by atoms with Gasteiger partial charge in [-0.1, -0.05) is 29.8 Å². The van der Waals surface area contributed by atoms with Gasteiger partial charge in [-0.15, -0.1) is 5.10 Å². The molecule has 3 aromatic rings. The molecule has 96 valence electrons. The minimum Gasteiger partial charge on any atom is -0.349 e. The summed E-state index contributed by atoms with van der Waals surface area (Å²) in [5.74, 6) is 0.638. The number of anilines is 1. The summed E-state index contributed by atoms with van der Waals surface area (Å²) in [5, 5.41) is 7.60. The van der Waals surface area contributed by atoms with Gasteiger partial charge in [0, 0.05) is 17.2 Å². The van der Waals surface area contributed by atoms with Crippen molar-refractivity contribution in [2.24, 2.45) is 0 Å². The van der Waals surface area contributed by atoms with Gasteiger partial charge in [0.05, 0.1) is 0 Å². The number of nitrogens with one attached hydrogen (secondary N) is 1. The zero-order valence-electron chi connectivity index (χ0n) is 10.5. The van der Waals surface area contributed by atoms with Crippen molar-refractivity contribution in [3.8, 4) is 0 Å². The molecule has 0 aliphatic heterocycles. The minimum absolute atomic E-state index is 0.638. The zero-order valence-corrected chi connectivity index (χ0v) is 12.1. The summed E-state index contributed by atoms with van der Waals surface area (Å²) in [6.07, 6.45) is 1.89. The van der Waals surface area contributed by atoms with Crippen LogP contribution in [-0.4, -0.2) is 14.6 Å². The molecular formula is C14H13BrN4. The minimum atomic E-state index is 0.638. The second-order valence-electron chi connectivity index (χ2n) is 4.42. The lowest BCUT2D eigenvalue weighted by molar-refractivity contribution is 0.946. The molecule has 5 heteroatoms. The summed E-state index contributed by atoms with van der Waals surface area (Å²) in [6, 6.07) is 12.3. The van der Waals surface area contributed by atoms with Crippen molar-refractivity contribution in [1.82, 2.24) is 14.6 Å². The number of hydrogen-bond acceptors (Lipinski definition) is 3. The first-order valence-electron chi connectivity index (χ1n) is 6.02. The first-order valence-corrected chi connectivity index (χ1v) is 6.81. The van der Waals surface area contributed by atoms with Crippen LogP contribution < -0.4 is 5.32 Å². The van der Waals surface area contributed by atoms with E-state index in [0.717, 1.165) is 16.7 Å². The molecule has 0 unspecified atom stereocenters. The molecular weight excluding hydrogens is 304 g/mol. The van der Waals surface area contributed by atoms with Crippen molar-refractivity contribution < 1.29 is 0 Å². The Morgan fingerprint density at radius 2 is 1.95 bits per heavy atom. The molecule has 0 fully saturated rings. The second kappa shape index (κ2) is 5.01. The van der Waals surface area contributed by atoms with Crippen LogP contribution >= 0.6 is 15.9 Å². The highest BCUT2D eigenvalue weighted by Crippen LogP contribution is 2.13. The number of pyridine rings is 1. The van der Waals surface area contributed by atoms with Crippen LogP contribution in [0, 0.1) is 6.92 Å². The van der Waals surface area contributed by atoms with E-state index in [1.807, 2.05) is 18.3 Å². The van der Waals surface area contributed by atoms with Gasteiger partial charge in [-0.3, -0.25) is 0 Å². The maximum absolute atomic E-state index is 4.41. The Labute approximate surface area is 119 Å². The van der Waals surface area contributed by atoms with Gasteiger partial charge in [0.1, 0.15) is 0 Å². The Hall–Kier alpha value is -1.88. The van der Waals surface area contributed by atoms with Crippen molar-refractivity contribution >= 4 is 27.5 Å². The lowest BCUT2D eigenvalue weighted by atomic mass is 10.1. The van der Waals surface area contributed by atoms with Crippen LogP contribution in [0.15, 0.2) is 47.1 Å². The number of halogens is 1. The quantitative estimate of drug-likeness (QED) is 0.805. The average Bonchev–Trinajstić information content (AvgIpc) is 2.80. The summed E-state index contributed by atoms with van der Waals surface area (Å²) in [5.41, 5.74) is 3.31. The van der Waals surface area contributed by atoms with Gasteiger partial charge in [-0.25, -0.2) is 4.52 Å². The number of rotatable bonds is 3. The van der Waals surface area contributed by atoms with E-state index in [1.165, 1.54) is 11.1 Å². The van der Waals surface area contributed by atoms with Crippen LogP contribution in [0.1, 0.15) is 11.1 Å². The fourth-order valence-electron chi connectivity index (χ4n) is 1.82. The van der Waals surface area contributed by atoms with Gasteiger partial charge in [-0.2, -0.15) is 4.98 Å². The van der Waals surface area contributed by atoms with Crippen molar-refractivity contribution in [3.05, 3.63) is 58.2 Å². The summed E-state index contributed by atoms with van der Waals surface area (Å²) in [6.45, 7) is 2.80. The highest BCUT2D eigenvalue weighted by Gasteiger charge is 2.03. The van der Waals surface area contributed by atoms with Crippen molar-refractivity contribution in [1.29, 1.82) is 0 Å². The molecule has 2 heterocycles. The van der Waals surface area contributed by atoms with E-state index in [2.05, 4.69) is 62.5 Å². The Kier molecular flexibility index (Phi) is 3.21. The number of nitrogens with zero attached hydrogens (tertiary/aromatic N) is 3. The number of fused-ring (bicyclic) bond motifs is 1. The molecule has 0 amide bonds. The maximum Gasteiger partial charge on any atom is 0.243 e. The van der Waals surface area contributed by atoms with E-state index in [-0.39, 0.29) is 0 Å². The largest absolute Gasteiger partial charge is 0.349 e. The molecule has 1 N–H and O–H groups in total. The molecule has 0 spiro atoms. The normalized spacial score (nSPS) is 10.8. The molecule has 0 aliphatic rings. The summed E-state index contributed by atoms with van der Waals surface area (Å²) in [7, 11) is 0. The molecule has 0 bridgehead atoms. The average molecular weight is 317 g/mol. The highest BCUT2D eigenvalue weighted by atomic mass is 79.9. The van der Waals surface area contributed by atoms with Crippen LogP contribution in [0.3, 0.4) is 0 Å². The van der Waals surface area contributed by atoms with Crippen LogP contribution in [0.4, 0.5) is 5.95 Å². The Morgan fingerprint density at radius 3 is 2.74 bits per heavy atom. The molecule has 19 heavy (non-hydrogen) atoms. The SMILES string of the molecule is Cc1ccc(CNc2nc3ccc(Br)cn3n2)cc1. The summed E-state index contributed by atoms with van der Waals surface area (Å²) < 4.78 is 2.73. The molecule has 4 nitrogen and oxygen atoms in total. The Morgan fingerprint density at radius 1 is 1.16 bits per heavy atom. The zero-order chi connectivity index (χ0) is 13.2. The van der Waals surface area contributed by atoms with Crippen LogP contribution in [0.25, 0.3) is 5.65 Å². The van der Waals surface area contributed by atoms with Crippen LogP contribution in [-0.2, 0) is 6.54 Å². The maximum atomic E-state index is 4.41. The molecule has 0 aliphatic carbocycles. The highest BCUT2D eigenvalue weighted by molar-refractivity contribution is 9.10. The van der Waals surface area contributed by atoms with E-state index >= 15 is 0 Å². The number of aryl methyl sites for hydroxylation is 1. The second-order valence-corrected chi connectivity index (χ2v) is 5.34. The van der Waals surface area contributed by atoms with Gasteiger partial charge < -0.3 is 5.32 Å². The molecule has 3 rings (SSSR count). The van der Waals surface area contributed by atoms with E-state index in [4.69, 9.17) is 0 Å². The van der Waals surface area contributed by atoms with E-state index in [9.17, 15) is 0 Å². The van der Waals surface area contributed by atoms with Gasteiger partial charge in [0.2, 0.25) is 5.95 Å². The predicted octanol–water partition coefficient (Wildman–Crippen LogP) is 3.41. The van der Waals surface area contributed by atoms with Crippen LogP contribution in [0.2, 0.25) is 0 Å². The van der Waals surface area contributed by atoms with Gasteiger partial charge in [0.15, 0.2) is 5.65 Å². The van der Waals surface area contributed by atoms with E-state index < -0.39 is 0 Å². The Bertz CT molecular complexity index is 703. The first kappa shape index (κ1) is 12.2. The third kappa shape index (κ3) is 2.76. The first-order chi connectivity index (χ1) is 9.20. The monoisotopic (exact) mass is 316 g/mol. The topological polar surface area (TPSA) is 42.2 Å². The summed E-state index contributed by atoms with van der Waals surface area (Å²) >= 11 is 3.42. The number of benzene rings is 1. The molecule has 0 saturated carbocycles. The van der Waals surface area contributed by atoms with Gasteiger partial charge in [-0.05, 0) is 40.5 Å². The fourth-order valence-corrected chi connectivity index (χ4v) is 2.15. The van der Waals surface area contributed by atoms with E-state index in [1.54, 1.807) is 4.52 Å². The van der Waals surface area contributed by atoms with Crippen LogP contribution in [0.5, 0.6) is 0 Å². The lowest BCUT2D eigenvalue weighted by Gasteiger charge is -2.02. The lowest BCUT2D eigenvalue weighted by Crippen LogP contribution is -2.01. The van der Waals surface area contributed by atoms with Gasteiger partial charge in [0.25, 0.3) is 0 Å².